The van der Waals surface area contributed by atoms with E-state index in [2.05, 4.69) is 5.48 Å². The molecule has 0 radical (unpaired) electrons. The van der Waals surface area contributed by atoms with Crippen LogP contribution in [-0.2, 0) is 14.4 Å². The Kier molecular flexibility index (Phi) is 6.46. The number of aryl methyl sites for hydroxylation is 1. The lowest BCUT2D eigenvalue weighted by Crippen LogP contribution is -2.35. The SMILES string of the molecule is Cc1ccc(Oc2ccc(OCC(=O)NOC3CCCCO3)cc2)cc1. The number of hydrogen-bond donors (Lipinski definition) is 1. The van der Waals surface area contributed by atoms with Gasteiger partial charge in [0.15, 0.2) is 12.9 Å². The van der Waals surface area contributed by atoms with E-state index >= 15 is 0 Å². The first-order valence-corrected chi connectivity index (χ1v) is 8.72. The van der Waals surface area contributed by atoms with Crippen LogP contribution in [0.15, 0.2) is 48.5 Å². The van der Waals surface area contributed by atoms with E-state index in [0.717, 1.165) is 25.0 Å². The van der Waals surface area contributed by atoms with Crippen LogP contribution in [-0.4, -0.2) is 25.4 Å². The molecule has 0 bridgehead atoms. The minimum atomic E-state index is -0.370. The van der Waals surface area contributed by atoms with Crippen molar-refractivity contribution < 1.29 is 23.8 Å². The Labute approximate surface area is 153 Å². The topological polar surface area (TPSA) is 66.0 Å². The smallest absolute Gasteiger partial charge is 0.281 e. The molecule has 1 N–H and O–H groups in total. The molecule has 1 saturated heterocycles. The Morgan fingerprint density at radius 1 is 1.04 bits per heavy atom. The average Bonchev–Trinajstić information content (AvgIpc) is 2.68. The van der Waals surface area contributed by atoms with Gasteiger partial charge in [0.1, 0.15) is 17.2 Å². The third kappa shape index (κ3) is 5.75. The zero-order valence-corrected chi connectivity index (χ0v) is 14.8. The molecule has 26 heavy (non-hydrogen) atoms. The van der Waals surface area contributed by atoms with Gasteiger partial charge in [-0.05, 0) is 56.2 Å². The molecule has 1 amide bonds. The highest BCUT2D eigenvalue weighted by Crippen LogP contribution is 2.24. The molecule has 1 unspecified atom stereocenters. The van der Waals surface area contributed by atoms with E-state index < -0.39 is 0 Å². The van der Waals surface area contributed by atoms with Gasteiger partial charge in [-0.25, -0.2) is 10.3 Å². The van der Waals surface area contributed by atoms with E-state index in [9.17, 15) is 4.79 Å². The minimum Gasteiger partial charge on any atom is -0.484 e. The second-order valence-electron chi connectivity index (χ2n) is 6.11. The van der Waals surface area contributed by atoms with Crippen LogP contribution in [0.5, 0.6) is 17.2 Å². The minimum absolute atomic E-state index is 0.134. The Morgan fingerprint density at radius 3 is 2.35 bits per heavy atom. The number of rotatable bonds is 7. The predicted molar refractivity (Wildman–Crippen MR) is 96.0 cm³/mol. The Hall–Kier alpha value is -2.57. The number of carbonyl (C=O) groups excluding carboxylic acids is 1. The summed E-state index contributed by atoms with van der Waals surface area (Å²) in [5.41, 5.74) is 3.54. The molecular weight excluding hydrogens is 334 g/mol. The zero-order chi connectivity index (χ0) is 18.2. The van der Waals surface area contributed by atoms with Crippen LogP contribution in [0, 0.1) is 6.92 Å². The molecule has 1 fully saturated rings. The Bertz CT molecular complexity index is 693. The highest BCUT2D eigenvalue weighted by atomic mass is 16.8. The maximum Gasteiger partial charge on any atom is 0.281 e. The summed E-state index contributed by atoms with van der Waals surface area (Å²) < 4.78 is 16.6. The fourth-order valence-electron chi connectivity index (χ4n) is 2.46. The van der Waals surface area contributed by atoms with Gasteiger partial charge in [-0.1, -0.05) is 17.7 Å². The second-order valence-corrected chi connectivity index (χ2v) is 6.11. The van der Waals surface area contributed by atoms with Gasteiger partial charge in [-0.15, -0.1) is 0 Å². The quantitative estimate of drug-likeness (QED) is 0.765. The van der Waals surface area contributed by atoms with Crippen molar-refractivity contribution in [3.8, 4) is 17.2 Å². The third-order valence-electron chi connectivity index (χ3n) is 3.89. The van der Waals surface area contributed by atoms with Crippen LogP contribution in [0.2, 0.25) is 0 Å². The van der Waals surface area contributed by atoms with Gasteiger partial charge in [-0.2, -0.15) is 0 Å². The molecule has 1 aliphatic rings. The summed E-state index contributed by atoms with van der Waals surface area (Å²) in [6.45, 7) is 2.55. The molecular formula is C20H23NO5. The summed E-state index contributed by atoms with van der Waals surface area (Å²) in [6, 6.07) is 14.9. The molecule has 2 aromatic carbocycles. The molecule has 0 saturated carbocycles. The van der Waals surface area contributed by atoms with Crippen molar-refractivity contribution in [2.75, 3.05) is 13.2 Å². The lowest BCUT2D eigenvalue weighted by molar-refractivity contribution is -0.201. The van der Waals surface area contributed by atoms with Gasteiger partial charge in [0, 0.05) is 13.0 Å². The zero-order valence-electron chi connectivity index (χ0n) is 14.8. The number of hydroxylamine groups is 1. The predicted octanol–water partition coefficient (Wildman–Crippen LogP) is 3.74. The summed E-state index contributed by atoms with van der Waals surface area (Å²) in [5, 5.41) is 0. The van der Waals surface area contributed by atoms with E-state index in [0.29, 0.717) is 18.1 Å². The fraction of sp³-hybridized carbons (Fsp3) is 0.350. The van der Waals surface area contributed by atoms with E-state index in [1.165, 1.54) is 5.56 Å². The number of amides is 1. The molecule has 0 aliphatic carbocycles. The molecule has 0 spiro atoms. The van der Waals surface area contributed by atoms with Crippen molar-refractivity contribution >= 4 is 5.91 Å². The highest BCUT2D eigenvalue weighted by Gasteiger charge is 2.15. The van der Waals surface area contributed by atoms with Gasteiger partial charge in [0.2, 0.25) is 0 Å². The van der Waals surface area contributed by atoms with Crippen LogP contribution < -0.4 is 15.0 Å². The van der Waals surface area contributed by atoms with Crippen molar-refractivity contribution in [2.45, 2.75) is 32.5 Å². The van der Waals surface area contributed by atoms with Crippen molar-refractivity contribution in [3.63, 3.8) is 0 Å². The van der Waals surface area contributed by atoms with E-state index in [1.54, 1.807) is 24.3 Å². The maximum absolute atomic E-state index is 11.8. The van der Waals surface area contributed by atoms with Gasteiger partial charge >= 0.3 is 0 Å². The number of ether oxygens (including phenoxy) is 3. The van der Waals surface area contributed by atoms with Gasteiger partial charge in [-0.3, -0.25) is 4.79 Å². The second kappa shape index (κ2) is 9.22. The molecule has 1 atom stereocenters. The summed E-state index contributed by atoms with van der Waals surface area (Å²) in [4.78, 5) is 17.0. The standard InChI is InChI=1S/C20H23NO5/c1-15-5-7-17(8-6-15)25-18-11-9-16(10-12-18)24-14-19(22)21-26-20-4-2-3-13-23-20/h5-12,20H,2-4,13-14H2,1H3,(H,21,22). The number of benzene rings is 2. The Morgan fingerprint density at radius 2 is 1.69 bits per heavy atom. The van der Waals surface area contributed by atoms with Crippen molar-refractivity contribution in [1.82, 2.24) is 5.48 Å². The summed E-state index contributed by atoms with van der Waals surface area (Å²) in [7, 11) is 0. The number of hydrogen-bond acceptors (Lipinski definition) is 5. The molecule has 1 aliphatic heterocycles. The molecule has 6 nitrogen and oxygen atoms in total. The Balaban J connectivity index is 1.40. The summed E-state index contributed by atoms with van der Waals surface area (Å²) in [6.07, 6.45) is 2.48. The first-order valence-electron chi connectivity index (χ1n) is 8.72. The van der Waals surface area contributed by atoms with Crippen LogP contribution in [0.25, 0.3) is 0 Å². The molecule has 138 valence electrons. The molecule has 6 heteroatoms. The average molecular weight is 357 g/mol. The highest BCUT2D eigenvalue weighted by molar-refractivity contribution is 5.76. The van der Waals surface area contributed by atoms with Crippen molar-refractivity contribution in [3.05, 3.63) is 54.1 Å². The number of carbonyl (C=O) groups is 1. The van der Waals surface area contributed by atoms with Crippen molar-refractivity contribution in [2.24, 2.45) is 0 Å². The van der Waals surface area contributed by atoms with Crippen LogP contribution in [0.3, 0.4) is 0 Å². The first-order chi connectivity index (χ1) is 12.7. The molecule has 3 rings (SSSR count). The van der Waals surface area contributed by atoms with E-state index in [-0.39, 0.29) is 18.8 Å². The normalized spacial score (nSPS) is 16.7. The molecule has 0 aromatic heterocycles. The largest absolute Gasteiger partial charge is 0.484 e. The molecule has 2 aromatic rings. The third-order valence-corrected chi connectivity index (χ3v) is 3.89. The van der Waals surface area contributed by atoms with Crippen LogP contribution in [0.4, 0.5) is 0 Å². The monoisotopic (exact) mass is 357 g/mol. The van der Waals surface area contributed by atoms with Crippen LogP contribution in [0.1, 0.15) is 24.8 Å². The van der Waals surface area contributed by atoms with E-state index in [1.807, 2.05) is 31.2 Å². The fourth-order valence-corrected chi connectivity index (χ4v) is 2.46. The number of nitrogens with one attached hydrogen (secondary N) is 1. The summed E-state index contributed by atoms with van der Waals surface area (Å²) >= 11 is 0. The van der Waals surface area contributed by atoms with Gasteiger partial charge in [0.05, 0.1) is 0 Å². The van der Waals surface area contributed by atoms with Crippen molar-refractivity contribution in [1.29, 1.82) is 0 Å². The first kappa shape index (κ1) is 18.2. The van der Waals surface area contributed by atoms with Gasteiger partial charge < -0.3 is 14.2 Å². The lowest BCUT2D eigenvalue weighted by atomic mass is 10.2. The molecule has 1 heterocycles. The van der Waals surface area contributed by atoms with Gasteiger partial charge in [0.25, 0.3) is 5.91 Å². The van der Waals surface area contributed by atoms with E-state index in [4.69, 9.17) is 19.0 Å². The van der Waals surface area contributed by atoms with Crippen LogP contribution >= 0.6 is 0 Å². The summed E-state index contributed by atoms with van der Waals surface area (Å²) in [5.74, 6) is 1.68. The maximum atomic E-state index is 11.8. The lowest BCUT2D eigenvalue weighted by Gasteiger charge is -2.22.